The minimum absolute atomic E-state index is 0.0578. The van der Waals surface area contributed by atoms with Gasteiger partial charge in [-0.25, -0.2) is 0 Å². The molecule has 1 saturated heterocycles. The topological polar surface area (TPSA) is 51.2 Å². The Bertz CT molecular complexity index is 1070. The molecule has 1 aromatic heterocycles. The molecular weight excluding hydrogens is 408 g/mol. The molecule has 3 aromatic rings. The monoisotopic (exact) mass is 442 g/mol. The molecule has 0 aliphatic carbocycles. The van der Waals surface area contributed by atoms with E-state index in [4.69, 9.17) is 4.74 Å². The maximum atomic E-state index is 12.9. The zero-order valence-corrected chi connectivity index (χ0v) is 20.1. The average molecular weight is 443 g/mol. The van der Waals surface area contributed by atoms with Crippen LogP contribution in [0.3, 0.4) is 0 Å². The summed E-state index contributed by atoms with van der Waals surface area (Å²) in [4.78, 5) is 17.1. The summed E-state index contributed by atoms with van der Waals surface area (Å²) in [6, 6.07) is 19.8. The second-order valence-corrected chi connectivity index (χ2v) is 10.5. The first kappa shape index (κ1) is 23.2. The highest BCUT2D eigenvalue weighted by Crippen LogP contribution is 2.35. The fraction of sp³-hybridized carbons (Fsp3) is 0.379. The van der Waals surface area contributed by atoms with Crippen molar-refractivity contribution < 1.29 is 9.53 Å². The summed E-state index contributed by atoms with van der Waals surface area (Å²) in [7, 11) is 0. The summed E-state index contributed by atoms with van der Waals surface area (Å²) in [6.07, 6.45) is 6.26. The maximum absolute atomic E-state index is 12.9. The third kappa shape index (κ3) is 6.29. The van der Waals surface area contributed by atoms with E-state index in [9.17, 15) is 4.79 Å². The molecule has 0 unspecified atom stereocenters. The van der Waals surface area contributed by atoms with E-state index in [1.54, 1.807) is 6.20 Å². The molecule has 4 heteroatoms. The van der Waals surface area contributed by atoms with Crippen molar-refractivity contribution in [2.24, 2.45) is 5.92 Å². The van der Waals surface area contributed by atoms with Crippen LogP contribution in [0.5, 0.6) is 5.75 Å². The molecule has 4 nitrogen and oxygen atoms in total. The number of nitrogens with zero attached hydrogens (tertiary/aromatic N) is 1. The van der Waals surface area contributed by atoms with Gasteiger partial charge in [0.15, 0.2) is 5.78 Å². The van der Waals surface area contributed by atoms with Gasteiger partial charge < -0.3 is 10.1 Å². The number of piperidine rings is 1. The first-order chi connectivity index (χ1) is 15.7. The van der Waals surface area contributed by atoms with Gasteiger partial charge in [-0.2, -0.15) is 0 Å². The molecular formula is C29H34N2O2. The van der Waals surface area contributed by atoms with Crippen molar-refractivity contribution in [2.45, 2.75) is 64.6 Å². The van der Waals surface area contributed by atoms with Crippen molar-refractivity contribution in [2.75, 3.05) is 0 Å². The van der Waals surface area contributed by atoms with Gasteiger partial charge in [0.25, 0.3) is 0 Å². The lowest BCUT2D eigenvalue weighted by Gasteiger charge is -2.46. The molecule has 0 amide bonds. The molecule has 2 aromatic carbocycles. The summed E-state index contributed by atoms with van der Waals surface area (Å²) in [5, 5.41) is 3.69. The van der Waals surface area contributed by atoms with E-state index in [0.717, 1.165) is 40.8 Å². The minimum atomic E-state index is 0.0578. The molecule has 1 fully saturated rings. The summed E-state index contributed by atoms with van der Waals surface area (Å²) in [6.45, 7) is 9.38. The Morgan fingerprint density at radius 1 is 0.970 bits per heavy atom. The smallest absolute Gasteiger partial charge is 0.163 e. The van der Waals surface area contributed by atoms with Gasteiger partial charge in [0, 0.05) is 41.0 Å². The fourth-order valence-electron chi connectivity index (χ4n) is 5.31. The Morgan fingerprint density at radius 2 is 1.67 bits per heavy atom. The predicted octanol–water partition coefficient (Wildman–Crippen LogP) is 6.46. The molecule has 33 heavy (non-hydrogen) atoms. The molecule has 0 saturated carbocycles. The summed E-state index contributed by atoms with van der Waals surface area (Å²) >= 11 is 0. The maximum Gasteiger partial charge on any atom is 0.163 e. The van der Waals surface area contributed by atoms with Crippen LogP contribution in [-0.2, 0) is 6.61 Å². The highest BCUT2D eigenvalue weighted by Gasteiger charge is 2.38. The Labute approximate surface area is 197 Å². The number of rotatable bonds is 7. The Morgan fingerprint density at radius 3 is 2.33 bits per heavy atom. The van der Waals surface area contributed by atoms with Crippen molar-refractivity contribution >= 4 is 5.78 Å². The second-order valence-electron chi connectivity index (χ2n) is 10.5. The molecule has 2 heterocycles. The van der Waals surface area contributed by atoms with Gasteiger partial charge >= 0.3 is 0 Å². The number of benzene rings is 2. The number of pyridine rings is 1. The van der Waals surface area contributed by atoms with Crippen LogP contribution in [0.4, 0.5) is 0 Å². The van der Waals surface area contributed by atoms with Gasteiger partial charge in [0.1, 0.15) is 12.4 Å². The average Bonchev–Trinajstić information content (AvgIpc) is 2.76. The minimum Gasteiger partial charge on any atom is -0.489 e. The van der Waals surface area contributed by atoms with Gasteiger partial charge in [-0.1, -0.05) is 42.5 Å². The van der Waals surface area contributed by atoms with Gasteiger partial charge in [-0.3, -0.25) is 9.78 Å². The Hall–Kier alpha value is -2.98. The molecule has 1 aliphatic rings. The first-order valence-corrected chi connectivity index (χ1v) is 11.7. The quantitative estimate of drug-likeness (QED) is 0.427. The van der Waals surface area contributed by atoms with Crippen LogP contribution in [0, 0.1) is 5.92 Å². The van der Waals surface area contributed by atoms with E-state index in [-0.39, 0.29) is 16.9 Å². The summed E-state index contributed by atoms with van der Waals surface area (Å²) in [5.41, 5.74) is 4.08. The molecule has 1 aliphatic heterocycles. The molecule has 0 radical (unpaired) electrons. The van der Waals surface area contributed by atoms with E-state index >= 15 is 0 Å². The standard InChI is InChI=1S/C29H34N2O2/c1-28(2)17-22(18-29(3,4)31-28)15-27(32)23-12-10-21(11-13-23)20-33-26-9-5-7-24(16-26)25-8-6-14-30-19-25/h5-14,16,19,22,31H,15,17-18,20H2,1-4H3. The van der Waals surface area contributed by atoms with Crippen LogP contribution in [0.15, 0.2) is 73.1 Å². The number of ether oxygens (including phenoxy) is 1. The zero-order valence-electron chi connectivity index (χ0n) is 20.1. The van der Waals surface area contributed by atoms with E-state index in [0.29, 0.717) is 18.9 Å². The number of carbonyl (C=O) groups excluding carboxylic acids is 1. The van der Waals surface area contributed by atoms with Crippen molar-refractivity contribution in [3.8, 4) is 16.9 Å². The van der Waals surface area contributed by atoms with Crippen molar-refractivity contribution in [1.82, 2.24) is 10.3 Å². The highest BCUT2D eigenvalue weighted by atomic mass is 16.5. The van der Waals surface area contributed by atoms with E-state index in [1.165, 1.54) is 0 Å². The number of hydrogen-bond donors (Lipinski definition) is 1. The van der Waals surface area contributed by atoms with Gasteiger partial charge in [-0.05, 0) is 75.8 Å². The van der Waals surface area contributed by atoms with E-state index in [2.05, 4.69) is 44.1 Å². The molecule has 4 rings (SSSR count). The van der Waals surface area contributed by atoms with Crippen molar-refractivity contribution in [3.05, 3.63) is 84.2 Å². The molecule has 172 valence electrons. The summed E-state index contributed by atoms with van der Waals surface area (Å²) < 4.78 is 6.01. The number of carbonyl (C=O) groups is 1. The van der Waals surface area contributed by atoms with Crippen LogP contribution < -0.4 is 10.1 Å². The number of nitrogens with one attached hydrogen (secondary N) is 1. The van der Waals surface area contributed by atoms with Gasteiger partial charge in [-0.15, -0.1) is 0 Å². The molecule has 0 bridgehead atoms. The predicted molar refractivity (Wildman–Crippen MR) is 133 cm³/mol. The van der Waals surface area contributed by atoms with Crippen LogP contribution in [0.1, 0.15) is 62.9 Å². The molecule has 0 atom stereocenters. The number of aromatic nitrogens is 1. The van der Waals surface area contributed by atoms with Gasteiger partial charge in [0.2, 0.25) is 0 Å². The lowest BCUT2D eigenvalue weighted by molar-refractivity contribution is 0.0864. The van der Waals surface area contributed by atoms with Crippen LogP contribution >= 0.6 is 0 Å². The van der Waals surface area contributed by atoms with E-state index in [1.807, 2.05) is 60.8 Å². The lowest BCUT2D eigenvalue weighted by Crippen LogP contribution is -2.57. The molecule has 1 N–H and O–H groups in total. The fourth-order valence-corrected chi connectivity index (χ4v) is 5.31. The first-order valence-electron chi connectivity index (χ1n) is 11.7. The third-order valence-electron chi connectivity index (χ3n) is 6.26. The van der Waals surface area contributed by atoms with Crippen molar-refractivity contribution in [3.63, 3.8) is 0 Å². The normalized spacial score (nSPS) is 17.5. The number of hydrogen-bond acceptors (Lipinski definition) is 4. The lowest BCUT2D eigenvalue weighted by atomic mass is 9.74. The second kappa shape index (κ2) is 9.48. The Kier molecular flexibility index (Phi) is 6.66. The molecule has 0 spiro atoms. The van der Waals surface area contributed by atoms with Crippen LogP contribution in [0.25, 0.3) is 11.1 Å². The van der Waals surface area contributed by atoms with Gasteiger partial charge in [0.05, 0.1) is 0 Å². The van der Waals surface area contributed by atoms with E-state index < -0.39 is 0 Å². The summed E-state index contributed by atoms with van der Waals surface area (Å²) in [5.74, 6) is 1.44. The number of ketones is 1. The van der Waals surface area contributed by atoms with Crippen molar-refractivity contribution in [1.29, 1.82) is 0 Å². The zero-order chi connectivity index (χ0) is 23.5. The highest BCUT2D eigenvalue weighted by molar-refractivity contribution is 5.96. The van der Waals surface area contributed by atoms with Crippen LogP contribution in [0.2, 0.25) is 0 Å². The largest absolute Gasteiger partial charge is 0.489 e. The van der Waals surface area contributed by atoms with Crippen LogP contribution in [-0.4, -0.2) is 21.8 Å². The number of Topliss-reactive ketones (excluding diaryl/α,β-unsaturated/α-hetero) is 1. The Balaban J connectivity index is 1.35. The SMILES string of the molecule is CC1(C)CC(CC(=O)c2ccc(COc3cccc(-c4cccnc4)c3)cc2)CC(C)(C)N1. The third-order valence-corrected chi connectivity index (χ3v) is 6.26.